The van der Waals surface area contributed by atoms with Crippen molar-refractivity contribution in [2.24, 2.45) is 0 Å². The number of methoxy groups -OCH3 is 1. The maximum absolute atomic E-state index is 12.6. The van der Waals surface area contributed by atoms with Gasteiger partial charge in [0.15, 0.2) is 0 Å². The van der Waals surface area contributed by atoms with Gasteiger partial charge in [0, 0.05) is 17.5 Å². The molecule has 0 bridgehead atoms. The van der Waals surface area contributed by atoms with Crippen LogP contribution in [0.2, 0.25) is 0 Å². The minimum atomic E-state index is -0.503. The molecule has 0 saturated carbocycles. The van der Waals surface area contributed by atoms with E-state index in [0.717, 1.165) is 6.54 Å². The van der Waals surface area contributed by atoms with Crippen molar-refractivity contribution in [2.45, 2.75) is 26.4 Å². The number of amides is 1. The molecule has 0 spiro atoms. The smallest absolute Gasteiger partial charge is 0.273 e. The van der Waals surface area contributed by atoms with E-state index in [1.165, 1.54) is 30.2 Å². The van der Waals surface area contributed by atoms with Crippen molar-refractivity contribution >= 4 is 28.6 Å². The number of carbonyl (C=O) groups excluding carboxylic acids is 1. The third-order valence-electron chi connectivity index (χ3n) is 3.93. The first kappa shape index (κ1) is 18.9. The summed E-state index contributed by atoms with van der Waals surface area (Å²) in [5.41, 5.74) is 0.327. The summed E-state index contributed by atoms with van der Waals surface area (Å²) >= 11 is 1.65. The first-order valence-electron chi connectivity index (χ1n) is 7.86. The topological polar surface area (TPSA) is 84.7 Å². The van der Waals surface area contributed by atoms with Crippen LogP contribution in [-0.2, 0) is 11.3 Å². The van der Waals surface area contributed by atoms with E-state index in [4.69, 9.17) is 4.74 Å². The molecule has 1 atom stereocenters. The van der Waals surface area contributed by atoms with Crippen LogP contribution in [-0.4, -0.2) is 35.4 Å². The quantitative estimate of drug-likeness (QED) is 0.573. The summed E-state index contributed by atoms with van der Waals surface area (Å²) in [6.07, 6.45) is 0. The molecule has 0 unspecified atom stereocenters. The minimum Gasteiger partial charge on any atom is -0.494 e. The van der Waals surface area contributed by atoms with Gasteiger partial charge in [0.05, 0.1) is 29.8 Å². The van der Waals surface area contributed by atoms with Crippen LogP contribution in [0.3, 0.4) is 0 Å². The third kappa shape index (κ3) is 4.77. The van der Waals surface area contributed by atoms with E-state index in [1.54, 1.807) is 11.3 Å². The zero-order valence-corrected chi connectivity index (χ0v) is 15.2. The molecule has 1 N–H and O–H groups in total. The summed E-state index contributed by atoms with van der Waals surface area (Å²) in [6.45, 7) is 5.26. The van der Waals surface area contributed by atoms with Crippen LogP contribution in [0.4, 0.5) is 11.4 Å². The Balaban J connectivity index is 2.10. The normalized spacial score (nSPS) is 12.0. The van der Waals surface area contributed by atoms with Gasteiger partial charge in [0.2, 0.25) is 5.91 Å². The monoisotopic (exact) mass is 363 g/mol. The molecule has 8 heteroatoms. The van der Waals surface area contributed by atoms with Gasteiger partial charge in [-0.2, -0.15) is 0 Å². The van der Waals surface area contributed by atoms with Crippen LogP contribution < -0.4 is 10.1 Å². The van der Waals surface area contributed by atoms with Gasteiger partial charge in [-0.15, -0.1) is 11.3 Å². The summed E-state index contributed by atoms with van der Waals surface area (Å²) in [6, 6.07) is 7.79. The van der Waals surface area contributed by atoms with Crippen LogP contribution in [0.5, 0.6) is 5.75 Å². The molecule has 1 amide bonds. The van der Waals surface area contributed by atoms with Crippen molar-refractivity contribution in [1.29, 1.82) is 0 Å². The third-order valence-corrected chi connectivity index (χ3v) is 4.79. The Morgan fingerprint density at radius 2 is 2.20 bits per heavy atom. The lowest BCUT2D eigenvalue weighted by atomic mass is 10.2. The molecule has 25 heavy (non-hydrogen) atoms. The van der Waals surface area contributed by atoms with E-state index >= 15 is 0 Å². The van der Waals surface area contributed by atoms with Crippen LogP contribution in [0.25, 0.3) is 0 Å². The highest BCUT2D eigenvalue weighted by Crippen LogP contribution is 2.29. The second-order valence-corrected chi connectivity index (χ2v) is 6.48. The summed E-state index contributed by atoms with van der Waals surface area (Å²) in [4.78, 5) is 26.2. The number of hydrogen-bond acceptors (Lipinski definition) is 6. The standard InChI is InChI=1S/C17H21N3O4S/c1-4-19(11-14-6-5-9-25-14)12(2)17(21)18-15-8-7-13(20(22)23)10-16(15)24-3/h5-10,12H,4,11H2,1-3H3,(H,18,21)/t12-/m1/s1. The SMILES string of the molecule is CCN(Cc1cccs1)[C@H](C)C(=O)Nc1ccc([N+](=O)[O-])cc1OC. The fourth-order valence-corrected chi connectivity index (χ4v) is 3.15. The average Bonchev–Trinajstić information content (AvgIpc) is 3.12. The van der Waals surface area contributed by atoms with E-state index in [1.807, 2.05) is 31.4 Å². The molecule has 0 radical (unpaired) electrons. The Hall–Kier alpha value is -2.45. The molecule has 7 nitrogen and oxygen atoms in total. The zero-order valence-electron chi connectivity index (χ0n) is 14.4. The molecule has 0 fully saturated rings. The number of anilines is 1. The molecule has 0 aliphatic carbocycles. The largest absolute Gasteiger partial charge is 0.494 e. The molecule has 0 saturated heterocycles. The first-order valence-corrected chi connectivity index (χ1v) is 8.74. The minimum absolute atomic E-state index is 0.0872. The predicted octanol–water partition coefficient (Wildman–Crippen LogP) is 3.51. The molecule has 1 aromatic heterocycles. The highest BCUT2D eigenvalue weighted by molar-refractivity contribution is 7.09. The van der Waals surface area contributed by atoms with Crippen molar-refractivity contribution in [2.75, 3.05) is 19.0 Å². The van der Waals surface area contributed by atoms with Crippen LogP contribution in [0, 0.1) is 10.1 Å². The Kier molecular flexibility index (Phi) is 6.49. The van der Waals surface area contributed by atoms with E-state index < -0.39 is 4.92 Å². The Labute approximate surface area is 150 Å². The van der Waals surface area contributed by atoms with Crippen LogP contribution >= 0.6 is 11.3 Å². The number of nitrogens with zero attached hydrogens (tertiary/aromatic N) is 2. The number of carbonyl (C=O) groups is 1. The zero-order chi connectivity index (χ0) is 18.4. The lowest BCUT2D eigenvalue weighted by Gasteiger charge is -2.26. The summed E-state index contributed by atoms with van der Waals surface area (Å²) < 4.78 is 5.16. The number of hydrogen-bond donors (Lipinski definition) is 1. The average molecular weight is 363 g/mol. The molecule has 134 valence electrons. The van der Waals surface area contributed by atoms with Gasteiger partial charge < -0.3 is 10.1 Å². The van der Waals surface area contributed by atoms with Crippen molar-refractivity contribution in [1.82, 2.24) is 4.90 Å². The van der Waals surface area contributed by atoms with Crippen LogP contribution in [0.15, 0.2) is 35.7 Å². The van der Waals surface area contributed by atoms with Crippen molar-refractivity contribution in [3.05, 3.63) is 50.7 Å². The Bertz CT molecular complexity index is 733. The van der Waals surface area contributed by atoms with Gasteiger partial charge >= 0.3 is 0 Å². The fourth-order valence-electron chi connectivity index (χ4n) is 2.43. The van der Waals surface area contributed by atoms with E-state index in [9.17, 15) is 14.9 Å². The number of benzene rings is 1. The van der Waals surface area contributed by atoms with Gasteiger partial charge in [-0.3, -0.25) is 19.8 Å². The number of ether oxygens (including phenoxy) is 1. The Morgan fingerprint density at radius 3 is 2.76 bits per heavy atom. The van der Waals surface area contributed by atoms with E-state index in [-0.39, 0.29) is 23.4 Å². The Morgan fingerprint density at radius 1 is 1.44 bits per heavy atom. The molecule has 0 aliphatic heterocycles. The summed E-state index contributed by atoms with van der Waals surface area (Å²) in [5.74, 6) is 0.0709. The second kappa shape index (κ2) is 8.59. The van der Waals surface area contributed by atoms with Gasteiger partial charge in [-0.25, -0.2) is 0 Å². The number of nitro groups is 1. The van der Waals surface area contributed by atoms with Crippen molar-refractivity contribution < 1.29 is 14.5 Å². The number of nitrogens with one attached hydrogen (secondary N) is 1. The van der Waals surface area contributed by atoms with Gasteiger partial charge in [-0.1, -0.05) is 13.0 Å². The lowest BCUT2D eigenvalue weighted by molar-refractivity contribution is -0.384. The number of rotatable bonds is 8. The lowest BCUT2D eigenvalue weighted by Crippen LogP contribution is -2.41. The number of nitro benzene ring substituents is 1. The predicted molar refractivity (Wildman–Crippen MR) is 98.1 cm³/mol. The second-order valence-electron chi connectivity index (χ2n) is 5.45. The molecule has 1 aromatic carbocycles. The first-order chi connectivity index (χ1) is 12.0. The molecule has 2 rings (SSSR count). The van der Waals surface area contributed by atoms with E-state index in [2.05, 4.69) is 10.2 Å². The highest BCUT2D eigenvalue weighted by Gasteiger charge is 2.22. The fraction of sp³-hybridized carbons (Fsp3) is 0.353. The molecule has 1 heterocycles. The maximum atomic E-state index is 12.6. The summed E-state index contributed by atoms with van der Waals surface area (Å²) in [5, 5.41) is 15.7. The molecule has 2 aromatic rings. The molecule has 0 aliphatic rings. The molecular weight excluding hydrogens is 342 g/mol. The van der Waals surface area contributed by atoms with Gasteiger partial charge in [0.25, 0.3) is 5.69 Å². The van der Waals surface area contributed by atoms with Crippen molar-refractivity contribution in [3.8, 4) is 5.75 Å². The van der Waals surface area contributed by atoms with Crippen LogP contribution in [0.1, 0.15) is 18.7 Å². The summed E-state index contributed by atoms with van der Waals surface area (Å²) in [7, 11) is 1.41. The van der Waals surface area contributed by atoms with Crippen molar-refractivity contribution in [3.63, 3.8) is 0 Å². The number of non-ortho nitro benzene ring substituents is 1. The highest BCUT2D eigenvalue weighted by atomic mass is 32.1. The molecular formula is C17H21N3O4S. The number of thiophene rings is 1. The maximum Gasteiger partial charge on any atom is 0.273 e. The number of likely N-dealkylation sites (N-methyl/N-ethyl adjacent to an activating group) is 1. The van der Waals surface area contributed by atoms with E-state index in [0.29, 0.717) is 12.2 Å². The van der Waals surface area contributed by atoms with Gasteiger partial charge in [0.1, 0.15) is 5.75 Å². The van der Waals surface area contributed by atoms with Gasteiger partial charge in [-0.05, 0) is 31.0 Å².